The van der Waals surface area contributed by atoms with Crippen LogP contribution in [0.5, 0.6) is 11.5 Å². The van der Waals surface area contributed by atoms with Crippen LogP contribution in [0.1, 0.15) is 25.7 Å². The predicted molar refractivity (Wildman–Crippen MR) is 84.3 cm³/mol. The second kappa shape index (κ2) is 7.49. The molecule has 1 atom stereocenters. The van der Waals surface area contributed by atoms with Crippen LogP contribution in [-0.2, 0) is 4.79 Å². The van der Waals surface area contributed by atoms with Gasteiger partial charge >= 0.3 is 0 Å². The summed E-state index contributed by atoms with van der Waals surface area (Å²) >= 11 is 0. The Balaban J connectivity index is 1.37. The Hall–Kier alpha value is -1.75. The molecule has 2 heterocycles. The van der Waals surface area contributed by atoms with Crippen molar-refractivity contribution in [3.05, 3.63) is 24.3 Å². The number of para-hydroxylation sites is 2. The van der Waals surface area contributed by atoms with Crippen LogP contribution < -0.4 is 14.8 Å². The molecule has 120 valence electrons. The molecule has 0 bridgehead atoms. The van der Waals surface area contributed by atoms with E-state index < -0.39 is 0 Å². The van der Waals surface area contributed by atoms with Gasteiger partial charge in [-0.2, -0.15) is 0 Å². The molecule has 2 aliphatic rings. The Morgan fingerprint density at radius 1 is 1.18 bits per heavy atom. The molecule has 0 aromatic heterocycles. The van der Waals surface area contributed by atoms with Gasteiger partial charge in [0, 0.05) is 13.0 Å². The van der Waals surface area contributed by atoms with Crippen LogP contribution in [0.2, 0.25) is 0 Å². The molecular formula is C17H24N2O3. The van der Waals surface area contributed by atoms with Crippen molar-refractivity contribution >= 4 is 5.91 Å². The van der Waals surface area contributed by atoms with Crippen molar-refractivity contribution in [3.8, 4) is 11.5 Å². The maximum absolute atomic E-state index is 11.9. The van der Waals surface area contributed by atoms with Crippen LogP contribution in [0, 0.1) is 0 Å². The van der Waals surface area contributed by atoms with Crippen LogP contribution in [-0.4, -0.2) is 49.7 Å². The minimum Gasteiger partial charge on any atom is -0.486 e. The van der Waals surface area contributed by atoms with Gasteiger partial charge in [0.2, 0.25) is 5.91 Å². The first-order valence-electron chi connectivity index (χ1n) is 8.19. The highest BCUT2D eigenvalue weighted by molar-refractivity contribution is 5.76. The number of amides is 1. The lowest BCUT2D eigenvalue weighted by Crippen LogP contribution is -2.41. The number of ether oxygens (including phenoxy) is 2. The summed E-state index contributed by atoms with van der Waals surface area (Å²) in [4.78, 5) is 14.3. The zero-order valence-corrected chi connectivity index (χ0v) is 12.9. The molecule has 1 fully saturated rings. The smallest absolute Gasteiger partial charge is 0.221 e. The Labute approximate surface area is 131 Å². The Morgan fingerprint density at radius 3 is 2.77 bits per heavy atom. The highest BCUT2D eigenvalue weighted by atomic mass is 16.6. The first kappa shape index (κ1) is 15.2. The van der Waals surface area contributed by atoms with E-state index in [0.717, 1.165) is 31.1 Å². The van der Waals surface area contributed by atoms with E-state index in [-0.39, 0.29) is 12.0 Å². The lowest BCUT2D eigenvalue weighted by molar-refractivity contribution is -0.122. The lowest BCUT2D eigenvalue weighted by Gasteiger charge is -2.27. The van der Waals surface area contributed by atoms with Gasteiger partial charge in [0.05, 0.1) is 6.54 Å². The maximum Gasteiger partial charge on any atom is 0.221 e. The van der Waals surface area contributed by atoms with Crippen LogP contribution in [0.25, 0.3) is 0 Å². The molecule has 22 heavy (non-hydrogen) atoms. The molecule has 5 nitrogen and oxygen atoms in total. The summed E-state index contributed by atoms with van der Waals surface area (Å²) in [6, 6.07) is 7.62. The molecule has 2 aliphatic heterocycles. The van der Waals surface area contributed by atoms with Crippen LogP contribution in [0.15, 0.2) is 24.3 Å². The van der Waals surface area contributed by atoms with E-state index in [4.69, 9.17) is 9.47 Å². The minimum atomic E-state index is -0.117. The van der Waals surface area contributed by atoms with Gasteiger partial charge in [-0.15, -0.1) is 0 Å². The minimum absolute atomic E-state index is 0.0908. The third kappa shape index (κ3) is 4.13. The number of benzene rings is 1. The van der Waals surface area contributed by atoms with E-state index in [1.54, 1.807) is 0 Å². The zero-order valence-electron chi connectivity index (χ0n) is 12.9. The summed E-state index contributed by atoms with van der Waals surface area (Å²) in [5.41, 5.74) is 0. The molecule has 1 saturated heterocycles. The van der Waals surface area contributed by atoms with Crippen molar-refractivity contribution in [2.75, 3.05) is 32.8 Å². The van der Waals surface area contributed by atoms with E-state index in [2.05, 4.69) is 10.2 Å². The van der Waals surface area contributed by atoms with E-state index in [9.17, 15) is 4.79 Å². The zero-order chi connectivity index (χ0) is 15.2. The molecule has 1 amide bonds. The summed E-state index contributed by atoms with van der Waals surface area (Å²) in [5.74, 6) is 1.62. The predicted octanol–water partition coefficient (Wildman–Crippen LogP) is 1.82. The number of fused-ring (bicyclic) bond motifs is 1. The number of hydrogen-bond acceptors (Lipinski definition) is 4. The van der Waals surface area contributed by atoms with Gasteiger partial charge in [0.15, 0.2) is 11.5 Å². The molecule has 1 N–H and O–H groups in total. The van der Waals surface area contributed by atoms with E-state index in [1.807, 2.05) is 24.3 Å². The van der Waals surface area contributed by atoms with Gasteiger partial charge < -0.3 is 19.7 Å². The fraction of sp³-hybridized carbons (Fsp3) is 0.588. The molecule has 0 aliphatic carbocycles. The van der Waals surface area contributed by atoms with Gasteiger partial charge in [-0.25, -0.2) is 0 Å². The largest absolute Gasteiger partial charge is 0.486 e. The Bertz CT molecular complexity index is 500. The monoisotopic (exact) mass is 304 g/mol. The number of piperidine rings is 1. The number of nitrogens with zero attached hydrogens (tertiary/aromatic N) is 1. The maximum atomic E-state index is 11.9. The summed E-state index contributed by atoms with van der Waals surface area (Å²) in [7, 11) is 0. The standard InChI is InChI=1S/C17H24N2O3/c20-17(8-11-19-9-4-1-5-10-19)18-12-14-13-21-15-6-2-3-7-16(15)22-14/h2-3,6-7,14H,1,4-5,8-13H2,(H,18,20). The van der Waals surface area contributed by atoms with E-state index in [0.29, 0.717) is 19.6 Å². The topological polar surface area (TPSA) is 50.8 Å². The fourth-order valence-corrected chi connectivity index (χ4v) is 2.92. The normalized spacial score (nSPS) is 21.4. The number of hydrogen-bond donors (Lipinski definition) is 1. The van der Waals surface area contributed by atoms with Gasteiger partial charge in [-0.05, 0) is 38.1 Å². The summed E-state index contributed by atoms with van der Waals surface area (Å²) in [6.45, 7) is 4.08. The average molecular weight is 304 g/mol. The van der Waals surface area contributed by atoms with Crippen molar-refractivity contribution in [2.45, 2.75) is 31.8 Å². The highest BCUT2D eigenvalue weighted by Gasteiger charge is 2.21. The van der Waals surface area contributed by atoms with Gasteiger partial charge in [-0.1, -0.05) is 18.6 Å². The van der Waals surface area contributed by atoms with Crippen LogP contribution in [0.4, 0.5) is 0 Å². The number of carbonyl (C=O) groups is 1. The molecule has 5 heteroatoms. The molecule has 1 unspecified atom stereocenters. The van der Waals surface area contributed by atoms with Crippen molar-refractivity contribution in [1.82, 2.24) is 10.2 Å². The third-order valence-electron chi connectivity index (χ3n) is 4.20. The number of nitrogens with one attached hydrogen (secondary N) is 1. The number of likely N-dealkylation sites (tertiary alicyclic amines) is 1. The van der Waals surface area contributed by atoms with Crippen molar-refractivity contribution < 1.29 is 14.3 Å². The molecular weight excluding hydrogens is 280 g/mol. The highest BCUT2D eigenvalue weighted by Crippen LogP contribution is 2.30. The number of carbonyl (C=O) groups excluding carboxylic acids is 1. The van der Waals surface area contributed by atoms with Crippen LogP contribution in [0.3, 0.4) is 0 Å². The van der Waals surface area contributed by atoms with E-state index in [1.165, 1.54) is 19.3 Å². The number of rotatable bonds is 5. The summed E-state index contributed by atoms with van der Waals surface area (Å²) in [5, 5.41) is 2.95. The first-order chi connectivity index (χ1) is 10.8. The molecule has 1 aromatic carbocycles. The molecule has 0 spiro atoms. The van der Waals surface area contributed by atoms with Crippen molar-refractivity contribution in [2.24, 2.45) is 0 Å². The van der Waals surface area contributed by atoms with Crippen molar-refractivity contribution in [3.63, 3.8) is 0 Å². The molecule has 0 saturated carbocycles. The van der Waals surface area contributed by atoms with Crippen molar-refractivity contribution in [1.29, 1.82) is 0 Å². The average Bonchev–Trinajstić information content (AvgIpc) is 2.59. The molecule has 1 aromatic rings. The van der Waals surface area contributed by atoms with Gasteiger partial charge in [0.1, 0.15) is 12.7 Å². The third-order valence-corrected chi connectivity index (χ3v) is 4.20. The second-order valence-corrected chi connectivity index (χ2v) is 5.95. The quantitative estimate of drug-likeness (QED) is 0.901. The molecule has 3 rings (SSSR count). The van der Waals surface area contributed by atoms with Gasteiger partial charge in [-0.3, -0.25) is 4.79 Å². The molecule has 0 radical (unpaired) electrons. The fourth-order valence-electron chi connectivity index (χ4n) is 2.92. The second-order valence-electron chi connectivity index (χ2n) is 5.95. The lowest BCUT2D eigenvalue weighted by atomic mass is 10.1. The SMILES string of the molecule is O=C(CCN1CCCCC1)NCC1COc2ccccc2O1. The van der Waals surface area contributed by atoms with Crippen LogP contribution >= 0.6 is 0 Å². The first-order valence-corrected chi connectivity index (χ1v) is 8.19. The van der Waals surface area contributed by atoms with Gasteiger partial charge in [0.25, 0.3) is 0 Å². The summed E-state index contributed by atoms with van der Waals surface area (Å²) < 4.78 is 11.5. The summed E-state index contributed by atoms with van der Waals surface area (Å²) in [6.07, 6.45) is 4.28. The Morgan fingerprint density at radius 2 is 1.95 bits per heavy atom. The Kier molecular flexibility index (Phi) is 5.16. The van der Waals surface area contributed by atoms with E-state index >= 15 is 0 Å².